The molecule has 0 aliphatic heterocycles. The molecule has 0 aromatic carbocycles. The van der Waals surface area contributed by atoms with Crippen molar-refractivity contribution in [1.82, 2.24) is 0 Å². The summed E-state index contributed by atoms with van der Waals surface area (Å²) in [6, 6.07) is 0. The van der Waals surface area contributed by atoms with Crippen LogP contribution in [0.1, 0.15) is 361 Å². The molecule has 0 amide bonds. The van der Waals surface area contributed by atoms with Gasteiger partial charge in [0.2, 0.25) is 0 Å². The maximum atomic E-state index is 13.0. The number of unbranched alkanes of at least 4 members (excludes halogenated alkanes) is 40. The summed E-state index contributed by atoms with van der Waals surface area (Å²) in [4.78, 5) is 38.5. The van der Waals surface area contributed by atoms with Crippen molar-refractivity contribution in [2.24, 2.45) is 0 Å². The monoisotopic (exact) mass is 1140 g/mol. The Balaban J connectivity index is 4.38. The van der Waals surface area contributed by atoms with Gasteiger partial charge in [-0.1, -0.05) is 331 Å². The quantitative estimate of drug-likeness (QED) is 0.0261. The van der Waals surface area contributed by atoms with Crippen LogP contribution in [0.25, 0.3) is 0 Å². The summed E-state index contributed by atoms with van der Waals surface area (Å²) in [5.74, 6) is -0.882. The van der Waals surface area contributed by atoms with Gasteiger partial charge in [0.15, 0.2) is 6.10 Å². The zero-order valence-corrected chi connectivity index (χ0v) is 54.5. The summed E-state index contributed by atoms with van der Waals surface area (Å²) < 4.78 is 17.0. The molecular weight excluding hydrogens is 1010 g/mol. The molecule has 6 nitrogen and oxygen atoms in total. The van der Waals surface area contributed by atoms with Crippen molar-refractivity contribution >= 4 is 17.9 Å². The Kier molecular flexibility index (Phi) is 67.2. The number of carbonyl (C=O) groups excluding carboxylic acids is 3. The molecule has 0 aliphatic rings. The molecule has 0 spiro atoms. The van der Waals surface area contributed by atoms with Crippen LogP contribution in [0.4, 0.5) is 0 Å². The van der Waals surface area contributed by atoms with E-state index in [2.05, 4.69) is 106 Å². The molecule has 82 heavy (non-hydrogen) atoms. The fourth-order valence-electron chi connectivity index (χ4n) is 10.3. The lowest BCUT2D eigenvalue weighted by Crippen LogP contribution is -2.30. The fraction of sp³-hybridized carbons (Fsp3) is 0.776. The van der Waals surface area contributed by atoms with Gasteiger partial charge >= 0.3 is 17.9 Å². The maximum Gasteiger partial charge on any atom is 0.306 e. The highest BCUT2D eigenvalue weighted by molar-refractivity contribution is 5.71. The third kappa shape index (κ3) is 67.4. The molecule has 0 aliphatic carbocycles. The van der Waals surface area contributed by atoms with Gasteiger partial charge in [0, 0.05) is 19.3 Å². The highest BCUT2D eigenvalue weighted by atomic mass is 16.6. The molecule has 0 fully saturated rings. The van der Waals surface area contributed by atoms with E-state index in [1.54, 1.807) is 0 Å². The number of rotatable bonds is 65. The summed E-state index contributed by atoms with van der Waals surface area (Å²) in [5, 5.41) is 0. The van der Waals surface area contributed by atoms with Gasteiger partial charge in [-0.3, -0.25) is 14.4 Å². The Morgan fingerprint density at radius 1 is 0.256 bits per heavy atom. The summed E-state index contributed by atoms with van der Waals surface area (Å²) >= 11 is 0. The van der Waals surface area contributed by atoms with Crippen LogP contribution in [-0.2, 0) is 28.6 Å². The molecule has 0 saturated carbocycles. The van der Waals surface area contributed by atoms with Crippen molar-refractivity contribution in [3.8, 4) is 0 Å². The van der Waals surface area contributed by atoms with Gasteiger partial charge in [-0.2, -0.15) is 0 Å². The van der Waals surface area contributed by atoms with Crippen molar-refractivity contribution in [2.75, 3.05) is 13.2 Å². The van der Waals surface area contributed by atoms with E-state index in [0.717, 1.165) is 109 Å². The Morgan fingerprint density at radius 2 is 0.476 bits per heavy atom. The predicted molar refractivity (Wildman–Crippen MR) is 358 cm³/mol. The molecule has 1 unspecified atom stereocenters. The van der Waals surface area contributed by atoms with E-state index in [1.807, 2.05) is 0 Å². The number of allylic oxidation sites excluding steroid dienone is 14. The second kappa shape index (κ2) is 70.1. The first-order chi connectivity index (χ1) is 40.5. The standard InChI is InChI=1S/C76H134O6/c1-4-7-10-13-16-19-22-25-28-31-34-36-38-40-42-45-48-51-54-57-60-63-66-69-75(78)81-72-73(71-80-74(77)68-65-62-59-56-53-50-47-44-41-33-30-27-24-21-18-15-12-9-6-3)82-76(79)70-67-64-61-58-55-52-49-46-43-39-37-35-32-29-26-23-20-17-14-11-8-5-2/h9,12,18,21-22,25,27,30-31,34,38,40-41,44,73H,4-8,10-11,13-17,19-20,23-24,26,28-29,32-33,35-37,39,42-43,45-72H2,1-3H3/b12-9-,21-18-,25-22-,30-27-,34-31-,40-38-,44-41-. The van der Waals surface area contributed by atoms with E-state index in [-0.39, 0.29) is 31.1 Å². The van der Waals surface area contributed by atoms with Crippen LogP contribution >= 0.6 is 0 Å². The Bertz CT molecular complexity index is 1550. The summed E-state index contributed by atoms with van der Waals surface area (Å²) in [6.07, 6.45) is 93.1. The Morgan fingerprint density at radius 3 is 0.744 bits per heavy atom. The highest BCUT2D eigenvalue weighted by Crippen LogP contribution is 2.18. The Labute approximate surface area is 509 Å². The molecule has 0 aromatic rings. The minimum absolute atomic E-state index is 0.0824. The second-order valence-corrected chi connectivity index (χ2v) is 23.8. The largest absolute Gasteiger partial charge is 0.462 e. The smallest absolute Gasteiger partial charge is 0.306 e. The summed E-state index contributed by atoms with van der Waals surface area (Å²) in [7, 11) is 0. The van der Waals surface area contributed by atoms with Crippen molar-refractivity contribution in [3.63, 3.8) is 0 Å². The average Bonchev–Trinajstić information content (AvgIpc) is 3.47. The van der Waals surface area contributed by atoms with E-state index in [4.69, 9.17) is 14.2 Å². The first-order valence-electron chi connectivity index (χ1n) is 35.6. The van der Waals surface area contributed by atoms with Crippen molar-refractivity contribution in [2.45, 2.75) is 367 Å². The topological polar surface area (TPSA) is 78.9 Å². The molecule has 6 heteroatoms. The van der Waals surface area contributed by atoms with Gasteiger partial charge in [-0.25, -0.2) is 0 Å². The zero-order chi connectivity index (χ0) is 59.2. The Hall–Kier alpha value is -3.41. The molecule has 0 bridgehead atoms. The molecule has 474 valence electrons. The minimum atomic E-state index is -0.787. The number of hydrogen-bond donors (Lipinski definition) is 0. The third-order valence-corrected chi connectivity index (χ3v) is 15.6. The molecular formula is C76H134O6. The van der Waals surface area contributed by atoms with Crippen LogP contribution in [-0.4, -0.2) is 37.2 Å². The van der Waals surface area contributed by atoms with Gasteiger partial charge in [0.1, 0.15) is 13.2 Å². The molecule has 0 aromatic heterocycles. The van der Waals surface area contributed by atoms with Crippen molar-refractivity contribution in [1.29, 1.82) is 0 Å². The highest BCUT2D eigenvalue weighted by Gasteiger charge is 2.19. The predicted octanol–water partition coefficient (Wildman–Crippen LogP) is 24.6. The first kappa shape index (κ1) is 78.6. The van der Waals surface area contributed by atoms with Crippen molar-refractivity contribution in [3.05, 3.63) is 85.1 Å². The zero-order valence-electron chi connectivity index (χ0n) is 54.5. The first-order valence-corrected chi connectivity index (χ1v) is 35.6. The second-order valence-electron chi connectivity index (χ2n) is 23.8. The average molecular weight is 1140 g/mol. The van der Waals surface area contributed by atoms with Crippen LogP contribution in [0.15, 0.2) is 85.1 Å². The molecule has 0 N–H and O–H groups in total. The van der Waals surface area contributed by atoms with Crippen LogP contribution in [0, 0.1) is 0 Å². The van der Waals surface area contributed by atoms with E-state index < -0.39 is 6.10 Å². The van der Waals surface area contributed by atoms with Gasteiger partial charge in [-0.15, -0.1) is 0 Å². The van der Waals surface area contributed by atoms with Gasteiger partial charge in [0.05, 0.1) is 0 Å². The summed E-state index contributed by atoms with van der Waals surface area (Å²) in [5.41, 5.74) is 0. The molecule has 0 heterocycles. The number of carbonyl (C=O) groups is 3. The fourth-order valence-corrected chi connectivity index (χ4v) is 10.3. The van der Waals surface area contributed by atoms with Crippen LogP contribution in [0.5, 0.6) is 0 Å². The van der Waals surface area contributed by atoms with Crippen molar-refractivity contribution < 1.29 is 28.6 Å². The minimum Gasteiger partial charge on any atom is -0.462 e. The molecule has 0 radical (unpaired) electrons. The lowest BCUT2D eigenvalue weighted by atomic mass is 10.0. The maximum absolute atomic E-state index is 13.0. The third-order valence-electron chi connectivity index (χ3n) is 15.6. The number of ether oxygens (including phenoxy) is 3. The summed E-state index contributed by atoms with van der Waals surface area (Å²) in [6.45, 7) is 6.56. The lowest BCUT2D eigenvalue weighted by molar-refractivity contribution is -0.167. The van der Waals surface area contributed by atoms with E-state index in [0.29, 0.717) is 19.3 Å². The van der Waals surface area contributed by atoms with Gasteiger partial charge < -0.3 is 14.2 Å². The molecule has 1 atom stereocenters. The van der Waals surface area contributed by atoms with Crippen LogP contribution in [0.3, 0.4) is 0 Å². The van der Waals surface area contributed by atoms with Gasteiger partial charge in [0.25, 0.3) is 0 Å². The van der Waals surface area contributed by atoms with Crippen LogP contribution < -0.4 is 0 Å². The van der Waals surface area contributed by atoms with E-state index in [9.17, 15) is 14.4 Å². The SMILES string of the molecule is CC/C=C\C/C=C\C/C=C\C/C=C\CCCCCCCCC(=O)OCC(COC(=O)CCCCCCCCCC/C=C\C/C=C\C/C=C\CCCCCCC)OC(=O)CCCCCCCCCCCCCCCCCCCCCCCC. The number of hydrogen-bond acceptors (Lipinski definition) is 6. The van der Waals surface area contributed by atoms with Crippen LogP contribution in [0.2, 0.25) is 0 Å². The lowest BCUT2D eigenvalue weighted by Gasteiger charge is -2.18. The van der Waals surface area contributed by atoms with E-state index >= 15 is 0 Å². The van der Waals surface area contributed by atoms with Gasteiger partial charge in [-0.05, 0) is 96.3 Å². The number of esters is 3. The molecule has 0 saturated heterocycles. The van der Waals surface area contributed by atoms with E-state index in [1.165, 1.54) is 212 Å². The normalized spacial score (nSPS) is 12.6. The molecule has 0 rings (SSSR count).